The van der Waals surface area contributed by atoms with E-state index in [9.17, 15) is 4.79 Å². The van der Waals surface area contributed by atoms with E-state index in [0.717, 1.165) is 5.56 Å². The van der Waals surface area contributed by atoms with Crippen molar-refractivity contribution < 1.29 is 4.79 Å². The molecule has 0 aliphatic heterocycles. The van der Waals surface area contributed by atoms with Crippen molar-refractivity contribution in [1.29, 1.82) is 0 Å². The van der Waals surface area contributed by atoms with E-state index in [4.69, 9.17) is 0 Å². The Balaban J connectivity index is 2.83. The van der Waals surface area contributed by atoms with E-state index < -0.39 is 0 Å². The Morgan fingerprint density at radius 1 is 1.57 bits per heavy atom. The van der Waals surface area contributed by atoms with Crippen LogP contribution in [0.2, 0.25) is 0 Å². The van der Waals surface area contributed by atoms with E-state index in [1.54, 1.807) is 24.6 Å². The van der Waals surface area contributed by atoms with Crippen LogP contribution in [0.25, 0.3) is 0 Å². The minimum absolute atomic E-state index is 0.0649. The summed E-state index contributed by atoms with van der Waals surface area (Å²) in [7, 11) is 0. The third-order valence-electron chi connectivity index (χ3n) is 1.71. The number of carbonyl (C=O) groups excluding carboxylic acids is 1. The highest BCUT2D eigenvalue weighted by Crippen LogP contribution is 2.03. The van der Waals surface area contributed by atoms with Crippen LogP contribution in [0.4, 0.5) is 0 Å². The van der Waals surface area contributed by atoms with Crippen molar-refractivity contribution in [3.63, 3.8) is 0 Å². The molecule has 0 spiro atoms. The maximum absolute atomic E-state index is 11.1. The molecule has 0 N–H and O–H groups in total. The van der Waals surface area contributed by atoms with Crippen LogP contribution in [0.15, 0.2) is 29.3 Å². The summed E-state index contributed by atoms with van der Waals surface area (Å²) in [6, 6.07) is 7.35. The fourth-order valence-corrected chi connectivity index (χ4v) is 1.13. The zero-order valence-corrected chi connectivity index (χ0v) is 8.75. The first-order valence-corrected chi connectivity index (χ1v) is 4.75. The number of ketones is 1. The Morgan fingerprint density at radius 3 is 3.00 bits per heavy atom. The van der Waals surface area contributed by atoms with Gasteiger partial charge in [-0.15, -0.1) is 0 Å². The maximum Gasteiger partial charge on any atom is 0.159 e. The smallest absolute Gasteiger partial charge is 0.159 e. The number of carbonyl (C=O) groups is 1. The molecule has 1 aromatic carbocycles. The second-order valence-corrected chi connectivity index (χ2v) is 3.18. The molecule has 72 valence electrons. The summed E-state index contributed by atoms with van der Waals surface area (Å²) in [6.07, 6.45) is 1.72. The van der Waals surface area contributed by atoms with Crippen LogP contribution in [0.1, 0.15) is 22.8 Å². The van der Waals surface area contributed by atoms with Crippen molar-refractivity contribution in [2.45, 2.75) is 6.92 Å². The maximum atomic E-state index is 11.1. The highest BCUT2D eigenvalue weighted by Gasteiger charge is 1.97. The molecule has 0 saturated carbocycles. The molecular weight excluding hydrogens is 194 g/mol. The molecule has 0 heterocycles. The van der Waals surface area contributed by atoms with E-state index in [-0.39, 0.29) is 5.78 Å². The normalized spacial score (nSPS) is 10.4. The molecule has 3 heteroatoms. The van der Waals surface area contributed by atoms with Gasteiger partial charge in [-0.25, -0.2) is 0 Å². The van der Waals surface area contributed by atoms with Crippen molar-refractivity contribution in [2.24, 2.45) is 4.99 Å². The topological polar surface area (TPSA) is 29.4 Å². The Morgan fingerprint density at radius 2 is 2.36 bits per heavy atom. The van der Waals surface area contributed by atoms with Crippen LogP contribution in [0.5, 0.6) is 0 Å². The van der Waals surface area contributed by atoms with Gasteiger partial charge >= 0.3 is 0 Å². The predicted octanol–water partition coefficient (Wildman–Crippen LogP) is 2.31. The minimum atomic E-state index is 0.0649. The molecule has 0 saturated heterocycles. The molecule has 1 aromatic rings. The fraction of sp³-hybridized carbons (Fsp3) is 0.182. The summed E-state index contributed by atoms with van der Waals surface area (Å²) in [5.41, 5.74) is 1.63. The van der Waals surface area contributed by atoms with Crippen molar-refractivity contribution in [3.8, 4) is 0 Å². The van der Waals surface area contributed by atoms with Gasteiger partial charge in [0.25, 0.3) is 0 Å². The average Bonchev–Trinajstić information content (AvgIpc) is 2.19. The molecule has 0 bridgehead atoms. The summed E-state index contributed by atoms with van der Waals surface area (Å²) >= 11 is 4.64. The van der Waals surface area contributed by atoms with Gasteiger partial charge in [0.2, 0.25) is 0 Å². The first kappa shape index (κ1) is 10.7. The lowest BCUT2D eigenvalue weighted by atomic mass is 10.1. The van der Waals surface area contributed by atoms with Gasteiger partial charge in [0.15, 0.2) is 5.78 Å². The van der Waals surface area contributed by atoms with Crippen molar-refractivity contribution in [3.05, 3.63) is 35.4 Å². The lowest BCUT2D eigenvalue weighted by molar-refractivity contribution is 0.101. The molecular formula is C11H11NOS. The lowest BCUT2D eigenvalue weighted by Gasteiger charge is -1.96. The van der Waals surface area contributed by atoms with E-state index in [2.05, 4.69) is 17.2 Å². The van der Waals surface area contributed by atoms with Crippen LogP contribution >= 0.6 is 12.2 Å². The predicted molar refractivity (Wildman–Crippen MR) is 62.6 cm³/mol. The van der Waals surface area contributed by atoms with E-state index in [1.165, 1.54) is 0 Å². The SMILES string of the molecule is CC(=O)c1cccc(C=NCC=S)c1. The van der Waals surface area contributed by atoms with Gasteiger partial charge in [0, 0.05) is 17.1 Å². The van der Waals surface area contributed by atoms with E-state index in [0.29, 0.717) is 12.1 Å². The molecule has 0 aliphatic carbocycles. The first-order chi connectivity index (χ1) is 6.74. The van der Waals surface area contributed by atoms with Crippen molar-refractivity contribution >= 4 is 29.6 Å². The van der Waals surface area contributed by atoms with Crippen LogP contribution in [0, 0.1) is 0 Å². The third kappa shape index (κ3) is 3.18. The number of hydrogen-bond donors (Lipinski definition) is 0. The molecule has 2 nitrogen and oxygen atoms in total. The number of nitrogens with zero attached hydrogens (tertiary/aromatic N) is 1. The van der Waals surface area contributed by atoms with Crippen LogP contribution in [0.3, 0.4) is 0 Å². The summed E-state index contributed by atoms with van der Waals surface area (Å²) in [5, 5.41) is 1.56. The zero-order chi connectivity index (χ0) is 10.4. The fourth-order valence-electron chi connectivity index (χ4n) is 1.04. The van der Waals surface area contributed by atoms with Gasteiger partial charge < -0.3 is 0 Å². The van der Waals surface area contributed by atoms with Gasteiger partial charge in [0.1, 0.15) is 0 Å². The highest BCUT2D eigenvalue weighted by molar-refractivity contribution is 7.79. The Kier molecular flexibility index (Phi) is 4.13. The van der Waals surface area contributed by atoms with Gasteiger partial charge in [-0.05, 0) is 18.6 Å². The summed E-state index contributed by atoms with van der Waals surface area (Å²) < 4.78 is 0. The summed E-state index contributed by atoms with van der Waals surface area (Å²) in [5.74, 6) is 0.0649. The van der Waals surface area contributed by atoms with Gasteiger partial charge in [0.05, 0.1) is 6.54 Å². The zero-order valence-electron chi connectivity index (χ0n) is 7.93. The number of benzene rings is 1. The first-order valence-electron chi connectivity index (χ1n) is 4.28. The van der Waals surface area contributed by atoms with Crippen molar-refractivity contribution in [2.75, 3.05) is 6.54 Å². The molecule has 0 radical (unpaired) electrons. The van der Waals surface area contributed by atoms with E-state index in [1.807, 2.05) is 18.2 Å². The van der Waals surface area contributed by atoms with Gasteiger partial charge in [-0.1, -0.05) is 30.4 Å². The number of hydrogen-bond acceptors (Lipinski definition) is 3. The van der Waals surface area contributed by atoms with Crippen LogP contribution in [-0.2, 0) is 0 Å². The Hall–Kier alpha value is -1.35. The second kappa shape index (κ2) is 5.40. The van der Waals surface area contributed by atoms with Crippen LogP contribution < -0.4 is 0 Å². The molecule has 0 fully saturated rings. The quantitative estimate of drug-likeness (QED) is 0.429. The Bertz CT molecular complexity index is 371. The highest BCUT2D eigenvalue weighted by atomic mass is 32.1. The number of thiocarbonyl (C=S) groups is 1. The third-order valence-corrected chi connectivity index (χ3v) is 1.86. The molecule has 1 rings (SSSR count). The minimum Gasteiger partial charge on any atom is -0.295 e. The number of rotatable bonds is 4. The van der Waals surface area contributed by atoms with E-state index >= 15 is 0 Å². The number of Topliss-reactive ketones (excluding diaryl/α,β-unsaturated/α-hetero) is 1. The molecule has 0 unspecified atom stereocenters. The lowest BCUT2D eigenvalue weighted by Crippen LogP contribution is -1.93. The second-order valence-electron chi connectivity index (χ2n) is 2.84. The average molecular weight is 205 g/mol. The standard InChI is InChI=1S/C11H11NOS/c1-9(13)11-4-2-3-10(7-11)8-12-5-6-14/h2-4,6-8H,5H2,1H3. The largest absolute Gasteiger partial charge is 0.295 e. The molecule has 14 heavy (non-hydrogen) atoms. The molecule has 0 amide bonds. The molecule has 0 atom stereocenters. The monoisotopic (exact) mass is 205 g/mol. The molecule has 0 aromatic heterocycles. The number of aliphatic imine (C=N–C) groups is 1. The summed E-state index contributed by atoms with van der Waals surface area (Å²) in [6.45, 7) is 2.08. The Labute approximate surface area is 88.7 Å². The van der Waals surface area contributed by atoms with Crippen LogP contribution in [-0.4, -0.2) is 23.9 Å². The van der Waals surface area contributed by atoms with Crippen molar-refractivity contribution in [1.82, 2.24) is 0 Å². The molecule has 0 aliphatic rings. The van der Waals surface area contributed by atoms with Gasteiger partial charge in [-0.2, -0.15) is 0 Å². The van der Waals surface area contributed by atoms with Gasteiger partial charge in [-0.3, -0.25) is 9.79 Å². The summed E-state index contributed by atoms with van der Waals surface area (Å²) in [4.78, 5) is 15.1.